The van der Waals surface area contributed by atoms with Crippen LogP contribution in [-0.2, 0) is 86.7 Å². The summed E-state index contributed by atoms with van der Waals surface area (Å²) in [6.45, 7) is 17.6. The van der Waals surface area contributed by atoms with Crippen LogP contribution < -0.4 is 18.9 Å². The van der Waals surface area contributed by atoms with E-state index >= 15 is 0 Å². The lowest BCUT2D eigenvalue weighted by atomic mass is 9.88. The minimum absolute atomic E-state index is 0.109. The third-order valence-corrected chi connectivity index (χ3v) is 18.6. The maximum absolute atomic E-state index is 14.0. The van der Waals surface area contributed by atoms with Gasteiger partial charge >= 0.3 is 30.4 Å². The first-order valence-electron chi connectivity index (χ1n) is 29.2. The first kappa shape index (κ1) is 67.5. The third-order valence-electron chi connectivity index (χ3n) is 13.2. The van der Waals surface area contributed by atoms with Crippen molar-refractivity contribution in [1.82, 2.24) is 0 Å². The molecule has 16 nitrogen and oxygen atoms in total. The number of hydrogen-bond acceptors (Lipinski definition) is 12. The Morgan fingerprint density at radius 2 is 0.475 bits per heavy atom. The second kappa shape index (κ2) is 33.2. The van der Waals surface area contributed by atoms with E-state index in [1.54, 1.807) is 0 Å². The predicted octanol–water partition coefficient (Wildman–Crippen LogP) is 15.5. The van der Waals surface area contributed by atoms with E-state index < -0.39 is 30.4 Å². The summed E-state index contributed by atoms with van der Waals surface area (Å²) in [6, 6.07) is 14.9. The second-order valence-corrected chi connectivity index (χ2v) is 28.4. The minimum atomic E-state index is -4.20. The van der Waals surface area contributed by atoms with Crippen LogP contribution in [0.3, 0.4) is 0 Å². The Labute approximate surface area is 477 Å². The summed E-state index contributed by atoms with van der Waals surface area (Å²) < 4.78 is 106. The fourth-order valence-corrected chi connectivity index (χ4v) is 14.2. The Bertz CT molecular complexity index is 2330. The molecule has 0 heterocycles. The van der Waals surface area contributed by atoms with Crippen molar-refractivity contribution in [2.45, 2.75) is 183 Å². The van der Waals surface area contributed by atoms with Gasteiger partial charge in [0, 0.05) is 25.7 Å². The lowest BCUT2D eigenvalue weighted by Crippen LogP contribution is -2.12. The number of rotatable bonds is 36. The molecule has 5 rings (SSSR count). The van der Waals surface area contributed by atoms with Crippen LogP contribution in [0, 0.1) is 0 Å². The van der Waals surface area contributed by atoms with Gasteiger partial charge in [0.15, 0.2) is 0 Å². The molecule has 4 atom stereocenters. The monoisotopic (exact) mass is 1190 g/mol. The highest BCUT2D eigenvalue weighted by molar-refractivity contribution is 7.52. The van der Waals surface area contributed by atoms with Crippen LogP contribution in [0.5, 0.6) is 23.0 Å². The van der Waals surface area contributed by atoms with Gasteiger partial charge in [0.1, 0.15) is 23.0 Å². The van der Waals surface area contributed by atoms with E-state index in [0.29, 0.717) is 168 Å². The van der Waals surface area contributed by atoms with Crippen LogP contribution in [0.2, 0.25) is 0 Å². The first-order valence-corrected chi connectivity index (χ1v) is 36.2. The Kier molecular flexibility index (Phi) is 28.0. The average molecular weight is 1190 g/mol. The smallest absolute Gasteiger partial charge is 0.332 e. The summed E-state index contributed by atoms with van der Waals surface area (Å²) in [5.74, 6) is 2.09. The van der Waals surface area contributed by atoms with Gasteiger partial charge in [0.05, 0.1) is 77.5 Å². The van der Waals surface area contributed by atoms with Crippen molar-refractivity contribution in [3.8, 4) is 23.0 Å². The summed E-state index contributed by atoms with van der Waals surface area (Å²) in [7, 11) is -16.8. The molecule has 0 spiro atoms. The maximum atomic E-state index is 14.0. The normalized spacial score (nSPS) is 15.6. The zero-order valence-electron chi connectivity index (χ0n) is 48.9. The Hall–Kier alpha value is -3.32. The zero-order valence-corrected chi connectivity index (χ0v) is 52.5. The molecule has 0 saturated carbocycles. The lowest BCUT2D eigenvalue weighted by Gasteiger charge is -2.25. The molecule has 0 aliphatic heterocycles. The van der Waals surface area contributed by atoms with Crippen molar-refractivity contribution in [3.63, 3.8) is 0 Å². The molecule has 4 unspecified atom stereocenters. The van der Waals surface area contributed by atoms with Gasteiger partial charge in [0.25, 0.3) is 0 Å². The van der Waals surface area contributed by atoms with Crippen LogP contribution in [0.15, 0.2) is 48.5 Å². The number of fused-ring (bicyclic) bond motifs is 8. The van der Waals surface area contributed by atoms with Gasteiger partial charge in [-0.05, 0) is 118 Å². The van der Waals surface area contributed by atoms with Gasteiger partial charge < -0.3 is 56.6 Å². The van der Waals surface area contributed by atoms with Crippen molar-refractivity contribution in [2.75, 3.05) is 52.9 Å². The summed E-state index contributed by atoms with van der Waals surface area (Å²) in [6.07, 6.45) is 7.41. The van der Waals surface area contributed by atoms with Crippen LogP contribution >= 0.6 is 30.4 Å². The number of ether oxygens (including phenoxy) is 4. The van der Waals surface area contributed by atoms with E-state index in [9.17, 15) is 37.8 Å². The van der Waals surface area contributed by atoms with Crippen molar-refractivity contribution < 1.29 is 74.9 Å². The molecular weight excluding hydrogens is 1100 g/mol. The number of hydrogen-bond donors (Lipinski definition) is 4. The summed E-state index contributed by atoms with van der Waals surface area (Å²) >= 11 is 0. The van der Waals surface area contributed by atoms with Gasteiger partial charge in [-0.25, -0.2) is 0 Å². The second-order valence-electron chi connectivity index (χ2n) is 21.0. The van der Waals surface area contributed by atoms with Gasteiger partial charge in [0.2, 0.25) is 0 Å². The van der Waals surface area contributed by atoms with Gasteiger partial charge in [-0.1, -0.05) is 130 Å². The third kappa shape index (κ3) is 21.7. The fraction of sp³-hybridized carbons (Fsp3) is 0.600. The molecule has 1 aliphatic carbocycles. The molecular formula is C60H92O16P4. The molecule has 0 aromatic heterocycles. The van der Waals surface area contributed by atoms with E-state index in [2.05, 4.69) is 0 Å². The highest BCUT2D eigenvalue weighted by atomic mass is 31.2. The predicted molar refractivity (Wildman–Crippen MR) is 318 cm³/mol. The lowest BCUT2D eigenvalue weighted by molar-refractivity contribution is 0.253. The molecule has 0 saturated heterocycles. The van der Waals surface area contributed by atoms with Crippen molar-refractivity contribution in [2.24, 2.45) is 0 Å². The molecule has 4 aromatic carbocycles. The first-order chi connectivity index (χ1) is 38.2. The largest absolute Gasteiger partial charge is 0.493 e. The Morgan fingerprint density at radius 3 is 0.625 bits per heavy atom. The highest BCUT2D eigenvalue weighted by Gasteiger charge is 2.30. The zero-order chi connectivity index (χ0) is 58.4. The Morgan fingerprint density at radius 1 is 0.300 bits per heavy atom. The molecule has 448 valence electrons. The minimum Gasteiger partial charge on any atom is -0.493 e. The van der Waals surface area contributed by atoms with E-state index in [0.717, 1.165) is 25.7 Å². The maximum Gasteiger partial charge on any atom is 0.332 e. The van der Waals surface area contributed by atoms with Crippen LogP contribution in [0.4, 0.5) is 0 Å². The van der Waals surface area contributed by atoms with E-state index in [4.69, 9.17) is 37.0 Å². The van der Waals surface area contributed by atoms with E-state index in [-0.39, 0.29) is 76.8 Å². The van der Waals surface area contributed by atoms with E-state index in [1.807, 2.05) is 104 Å². The SMILES string of the molecule is CCCCOP(=O)(O)Cc1cc2c(OCCC)c(c1)Cc1cc(CP(=O)(O)OCCCC)cc(c1OCCC)Cc1cc(CP(=O)(O)OCCCC)cc(c1OCCC)Cc1cc(CP(=O)(O)OCCCC)cc(c1OCCC)C2. The van der Waals surface area contributed by atoms with Crippen molar-refractivity contribution >= 4 is 30.4 Å². The molecule has 0 fully saturated rings. The van der Waals surface area contributed by atoms with Crippen LogP contribution in [0.25, 0.3) is 0 Å². The molecule has 4 aromatic rings. The van der Waals surface area contributed by atoms with Crippen molar-refractivity contribution in [1.29, 1.82) is 0 Å². The molecule has 20 heteroatoms. The van der Waals surface area contributed by atoms with Crippen LogP contribution in [-0.4, -0.2) is 72.4 Å². The van der Waals surface area contributed by atoms with Crippen molar-refractivity contribution in [3.05, 3.63) is 115 Å². The summed E-state index contributed by atoms with van der Waals surface area (Å²) in [5, 5.41) is 0. The molecule has 1 aliphatic rings. The van der Waals surface area contributed by atoms with Crippen LogP contribution in [0.1, 0.15) is 199 Å². The topological polar surface area (TPSA) is 223 Å². The van der Waals surface area contributed by atoms with Gasteiger partial charge in [-0.15, -0.1) is 0 Å². The van der Waals surface area contributed by atoms with Gasteiger partial charge in [-0.2, -0.15) is 0 Å². The average Bonchev–Trinajstić information content (AvgIpc) is 3.38. The Balaban J connectivity index is 1.98. The molecule has 80 heavy (non-hydrogen) atoms. The summed E-state index contributed by atoms with van der Waals surface area (Å²) in [4.78, 5) is 45.7. The molecule has 0 radical (unpaired) electrons. The highest BCUT2D eigenvalue weighted by Crippen LogP contribution is 2.52. The quantitative estimate of drug-likeness (QED) is 0.0216. The molecule has 8 bridgehead atoms. The molecule has 0 amide bonds. The summed E-state index contributed by atoms with van der Waals surface area (Å²) in [5.41, 5.74) is 7.24. The fourth-order valence-electron chi connectivity index (χ4n) is 9.61. The number of unbranched alkanes of at least 4 members (excludes halogenated alkanes) is 4. The standard InChI is InChI=1S/C60H92O16P4/c1-9-17-25-73-77(61,62)41-45-29-49-37-51-31-46(42-78(63,64)74-26-18-10-2)33-53(58(51)70-22-14-6)39-55-35-48(44-80(67,68)76-28-20-12-4)36-56(60(55)72-24-16-8)40-54-34-47(43-79(65,66)75-27-19-11-3)32-52(59(54)71-23-15-7)38-50(30-45)57(49)69-21-13-5/h29-36H,9-28,37-44H2,1-8H3,(H,61,62)(H,63,64)(H,65,66)(H,67,68). The van der Waals surface area contributed by atoms with Gasteiger partial charge in [-0.3, -0.25) is 18.3 Å². The number of benzene rings is 4. The molecule has 4 N–H and O–H groups in total. The van der Waals surface area contributed by atoms with E-state index in [1.165, 1.54) is 0 Å².